The summed E-state index contributed by atoms with van der Waals surface area (Å²) in [5.41, 5.74) is 0.454. The zero-order valence-corrected chi connectivity index (χ0v) is 14.0. The molecule has 0 fully saturated rings. The van der Waals surface area contributed by atoms with Crippen LogP contribution < -0.4 is 5.32 Å². The van der Waals surface area contributed by atoms with Gasteiger partial charge in [0.15, 0.2) is 9.84 Å². The Hall–Kier alpha value is -1.73. The van der Waals surface area contributed by atoms with Crippen molar-refractivity contribution in [1.29, 1.82) is 0 Å². The zero-order chi connectivity index (χ0) is 16.3. The van der Waals surface area contributed by atoms with Gasteiger partial charge in [-0.25, -0.2) is 12.8 Å². The number of halogens is 2. The van der Waals surface area contributed by atoms with E-state index in [-0.39, 0.29) is 0 Å². The molecule has 2 aromatic carbocycles. The summed E-state index contributed by atoms with van der Waals surface area (Å²) in [6.45, 7) is 1.23. The molecule has 4 nitrogen and oxygen atoms in total. The molecule has 0 aliphatic carbocycles. The predicted octanol–water partition coefficient (Wildman–Crippen LogP) is 3.39. The molecule has 0 saturated heterocycles. The molecule has 1 atom stereocenters. The van der Waals surface area contributed by atoms with Crippen LogP contribution >= 0.6 is 15.9 Å². The molecule has 1 N–H and O–H groups in total. The number of benzene rings is 2. The van der Waals surface area contributed by atoms with Crippen LogP contribution in [0.5, 0.6) is 0 Å². The van der Waals surface area contributed by atoms with Crippen molar-refractivity contribution in [2.75, 3.05) is 5.32 Å². The predicted molar refractivity (Wildman–Crippen MR) is 85.8 cm³/mol. The van der Waals surface area contributed by atoms with E-state index in [0.29, 0.717) is 5.69 Å². The van der Waals surface area contributed by atoms with E-state index in [4.69, 9.17) is 0 Å². The van der Waals surface area contributed by atoms with Crippen LogP contribution in [-0.4, -0.2) is 19.6 Å². The summed E-state index contributed by atoms with van der Waals surface area (Å²) in [4.78, 5) is 11.6. The van der Waals surface area contributed by atoms with E-state index in [9.17, 15) is 17.6 Å². The molecule has 0 radical (unpaired) electrons. The number of hydrogen-bond acceptors (Lipinski definition) is 3. The van der Waals surface area contributed by atoms with Crippen LogP contribution in [0.3, 0.4) is 0 Å². The molecule has 22 heavy (non-hydrogen) atoms. The van der Waals surface area contributed by atoms with Crippen LogP contribution in [0.15, 0.2) is 57.9 Å². The average molecular weight is 386 g/mol. The number of amides is 1. The van der Waals surface area contributed by atoms with Gasteiger partial charge >= 0.3 is 0 Å². The van der Waals surface area contributed by atoms with E-state index in [1.54, 1.807) is 24.3 Å². The largest absolute Gasteiger partial charge is 0.325 e. The summed E-state index contributed by atoms with van der Waals surface area (Å²) in [5, 5.41) is 1.09. The Morgan fingerprint density at radius 2 is 1.86 bits per heavy atom. The van der Waals surface area contributed by atoms with Crippen molar-refractivity contribution in [1.82, 2.24) is 0 Å². The van der Waals surface area contributed by atoms with E-state index in [1.165, 1.54) is 19.1 Å². The maximum Gasteiger partial charge on any atom is 0.242 e. The summed E-state index contributed by atoms with van der Waals surface area (Å²) in [6.07, 6.45) is 0. The van der Waals surface area contributed by atoms with Gasteiger partial charge in [-0.05, 0) is 37.3 Å². The van der Waals surface area contributed by atoms with Gasteiger partial charge in [0.2, 0.25) is 5.91 Å². The normalized spacial score (nSPS) is 12.7. The van der Waals surface area contributed by atoms with Gasteiger partial charge in [-0.3, -0.25) is 4.79 Å². The molecule has 2 aromatic rings. The van der Waals surface area contributed by atoms with E-state index in [2.05, 4.69) is 21.2 Å². The molecule has 116 valence electrons. The molecule has 1 unspecified atom stereocenters. The molecular formula is C15H13BrFNO3S. The topological polar surface area (TPSA) is 63.2 Å². The number of carbonyl (C=O) groups is 1. The lowest BCUT2D eigenvalue weighted by Crippen LogP contribution is -2.33. The van der Waals surface area contributed by atoms with Gasteiger partial charge in [-0.2, -0.15) is 0 Å². The lowest BCUT2D eigenvalue weighted by Gasteiger charge is -2.14. The molecular weight excluding hydrogens is 373 g/mol. The van der Waals surface area contributed by atoms with Crippen LogP contribution in [0.1, 0.15) is 6.92 Å². The lowest BCUT2D eigenvalue weighted by atomic mass is 10.3. The van der Waals surface area contributed by atoms with Crippen molar-refractivity contribution in [2.24, 2.45) is 0 Å². The van der Waals surface area contributed by atoms with Crippen molar-refractivity contribution >= 4 is 37.4 Å². The Morgan fingerprint density at radius 1 is 1.18 bits per heavy atom. The van der Waals surface area contributed by atoms with Crippen molar-refractivity contribution in [3.63, 3.8) is 0 Å². The summed E-state index contributed by atoms with van der Waals surface area (Å²) in [7, 11) is -4.10. The first-order valence-electron chi connectivity index (χ1n) is 6.37. The van der Waals surface area contributed by atoms with Crippen molar-refractivity contribution in [2.45, 2.75) is 17.1 Å². The third kappa shape index (κ3) is 3.53. The Morgan fingerprint density at radius 3 is 2.50 bits per heavy atom. The molecule has 7 heteroatoms. The van der Waals surface area contributed by atoms with Crippen molar-refractivity contribution < 1.29 is 17.6 Å². The summed E-state index contributed by atoms with van der Waals surface area (Å²) < 4.78 is 39.1. The first-order valence-corrected chi connectivity index (χ1v) is 8.71. The van der Waals surface area contributed by atoms with Crippen LogP contribution in [0.25, 0.3) is 0 Å². The SMILES string of the molecule is CC(C(=O)Nc1cccc(Br)c1)S(=O)(=O)c1ccccc1F. The fraction of sp³-hybridized carbons (Fsp3) is 0.133. The molecule has 0 aromatic heterocycles. The van der Waals surface area contributed by atoms with Crippen molar-refractivity contribution in [3.05, 3.63) is 58.8 Å². The number of nitrogens with one attached hydrogen (secondary N) is 1. The van der Waals surface area contributed by atoms with Gasteiger partial charge in [0, 0.05) is 10.2 Å². The second-order valence-electron chi connectivity index (χ2n) is 4.62. The van der Waals surface area contributed by atoms with Gasteiger partial charge in [-0.15, -0.1) is 0 Å². The minimum absolute atomic E-state index is 0.454. The highest BCUT2D eigenvalue weighted by Gasteiger charge is 2.31. The molecule has 2 rings (SSSR count). The highest BCUT2D eigenvalue weighted by molar-refractivity contribution is 9.10. The first kappa shape index (κ1) is 16.6. The zero-order valence-electron chi connectivity index (χ0n) is 11.6. The Bertz CT molecular complexity index is 808. The first-order chi connectivity index (χ1) is 10.3. The van der Waals surface area contributed by atoms with Crippen LogP contribution in [0, 0.1) is 5.82 Å². The highest BCUT2D eigenvalue weighted by atomic mass is 79.9. The van der Waals surface area contributed by atoms with Gasteiger partial charge in [0.1, 0.15) is 16.0 Å². The fourth-order valence-corrected chi connectivity index (χ4v) is 3.55. The number of carbonyl (C=O) groups excluding carboxylic acids is 1. The maximum absolute atomic E-state index is 13.7. The van der Waals surface area contributed by atoms with E-state index in [1.807, 2.05) is 0 Å². The molecule has 0 heterocycles. The maximum atomic E-state index is 13.7. The Balaban J connectivity index is 2.25. The Kier molecular flexibility index (Phi) is 4.97. The van der Waals surface area contributed by atoms with E-state index in [0.717, 1.165) is 16.6 Å². The molecule has 0 aliphatic rings. The van der Waals surface area contributed by atoms with Crippen LogP contribution in [0.2, 0.25) is 0 Å². The third-order valence-electron chi connectivity index (χ3n) is 3.07. The molecule has 0 aliphatic heterocycles. The minimum Gasteiger partial charge on any atom is -0.325 e. The smallest absolute Gasteiger partial charge is 0.242 e. The quantitative estimate of drug-likeness (QED) is 0.876. The van der Waals surface area contributed by atoms with E-state index < -0.39 is 31.7 Å². The minimum atomic E-state index is -4.10. The lowest BCUT2D eigenvalue weighted by molar-refractivity contribution is -0.115. The van der Waals surface area contributed by atoms with Gasteiger partial charge in [0.05, 0.1) is 0 Å². The molecule has 0 saturated carbocycles. The van der Waals surface area contributed by atoms with Gasteiger partial charge in [0.25, 0.3) is 0 Å². The van der Waals surface area contributed by atoms with Crippen LogP contribution in [0.4, 0.5) is 10.1 Å². The molecule has 0 bridgehead atoms. The summed E-state index contributed by atoms with van der Waals surface area (Å²) in [5.74, 6) is -1.59. The van der Waals surface area contributed by atoms with Gasteiger partial charge in [-0.1, -0.05) is 34.1 Å². The number of sulfone groups is 1. The second-order valence-corrected chi connectivity index (χ2v) is 7.77. The number of hydrogen-bond donors (Lipinski definition) is 1. The summed E-state index contributed by atoms with van der Waals surface area (Å²) in [6, 6.07) is 11.7. The summed E-state index contributed by atoms with van der Waals surface area (Å²) >= 11 is 3.26. The number of anilines is 1. The van der Waals surface area contributed by atoms with Crippen molar-refractivity contribution in [3.8, 4) is 0 Å². The second kappa shape index (κ2) is 6.58. The number of rotatable bonds is 4. The third-order valence-corrected chi connectivity index (χ3v) is 5.65. The fourth-order valence-electron chi connectivity index (χ4n) is 1.82. The van der Waals surface area contributed by atoms with Gasteiger partial charge < -0.3 is 5.32 Å². The monoisotopic (exact) mass is 385 g/mol. The molecule has 0 spiro atoms. The Labute approximate surface area is 136 Å². The highest BCUT2D eigenvalue weighted by Crippen LogP contribution is 2.21. The standard InChI is InChI=1S/C15H13BrFNO3S/c1-10(15(19)18-12-6-4-5-11(16)9-12)22(20,21)14-8-3-2-7-13(14)17/h2-10H,1H3,(H,18,19). The van der Waals surface area contributed by atoms with E-state index >= 15 is 0 Å². The average Bonchev–Trinajstić information content (AvgIpc) is 2.46. The van der Waals surface area contributed by atoms with Crippen LogP contribution in [-0.2, 0) is 14.6 Å². The molecule has 1 amide bonds.